The number of sulfonamides is 1. The number of nitrogens with one attached hydrogen (secondary N) is 1. The Labute approximate surface area is 106 Å². The fraction of sp³-hybridized carbons (Fsp3) is 0.600. The summed E-state index contributed by atoms with van der Waals surface area (Å²) in [6, 6.07) is 2.78. The number of hydrogen-bond acceptors (Lipinski definition) is 6. The minimum Gasteiger partial charge on any atom is -0.446 e. The van der Waals surface area contributed by atoms with Gasteiger partial charge in [0.2, 0.25) is 5.09 Å². The van der Waals surface area contributed by atoms with E-state index in [0.29, 0.717) is 13.1 Å². The van der Waals surface area contributed by atoms with E-state index in [1.165, 1.54) is 12.1 Å². The molecular formula is C10H17N3O4S. The van der Waals surface area contributed by atoms with Crippen molar-refractivity contribution >= 4 is 10.0 Å². The molecule has 1 saturated heterocycles. The first-order chi connectivity index (χ1) is 8.51. The van der Waals surface area contributed by atoms with Crippen LogP contribution in [0.3, 0.4) is 0 Å². The molecule has 0 bridgehead atoms. The highest BCUT2D eigenvalue weighted by molar-refractivity contribution is 7.89. The van der Waals surface area contributed by atoms with Crippen LogP contribution in [0.15, 0.2) is 21.6 Å². The van der Waals surface area contributed by atoms with Crippen molar-refractivity contribution in [1.82, 2.24) is 14.7 Å². The third-order valence-corrected chi connectivity index (χ3v) is 4.06. The second-order valence-electron chi connectivity index (χ2n) is 4.26. The van der Waals surface area contributed by atoms with Crippen LogP contribution in [0, 0.1) is 0 Å². The Balaban J connectivity index is 2.03. The number of aliphatic hydroxyl groups is 1. The summed E-state index contributed by atoms with van der Waals surface area (Å²) >= 11 is 0. The Kier molecular flexibility index (Phi) is 4.03. The molecule has 1 aliphatic rings. The highest BCUT2D eigenvalue weighted by Crippen LogP contribution is 2.14. The minimum atomic E-state index is -3.69. The summed E-state index contributed by atoms with van der Waals surface area (Å²) in [5.74, 6) is 0.230. The molecule has 2 rings (SSSR count). The smallest absolute Gasteiger partial charge is 0.286 e. The summed E-state index contributed by atoms with van der Waals surface area (Å²) in [6.07, 6.45) is 0. The molecule has 1 aliphatic heterocycles. The lowest BCUT2D eigenvalue weighted by atomic mass is 10.4. The molecule has 2 heterocycles. The minimum absolute atomic E-state index is 0.175. The second-order valence-corrected chi connectivity index (χ2v) is 5.86. The predicted molar refractivity (Wildman–Crippen MR) is 64.0 cm³/mol. The van der Waals surface area contributed by atoms with Crippen LogP contribution in [0.1, 0.15) is 5.76 Å². The first-order valence-corrected chi connectivity index (χ1v) is 7.15. The van der Waals surface area contributed by atoms with E-state index in [0.717, 1.165) is 13.1 Å². The van der Waals surface area contributed by atoms with E-state index in [2.05, 4.69) is 9.73 Å². The maximum atomic E-state index is 12.0. The lowest BCUT2D eigenvalue weighted by Gasteiger charge is -2.31. The van der Waals surface area contributed by atoms with Crippen molar-refractivity contribution in [3.05, 3.63) is 17.9 Å². The highest BCUT2D eigenvalue weighted by atomic mass is 32.2. The topological polar surface area (TPSA) is 86.0 Å². The third kappa shape index (κ3) is 3.09. The van der Waals surface area contributed by atoms with Crippen LogP contribution in [-0.4, -0.2) is 56.7 Å². The molecule has 0 aromatic carbocycles. The lowest BCUT2D eigenvalue weighted by Crippen LogP contribution is -2.52. The van der Waals surface area contributed by atoms with E-state index in [-0.39, 0.29) is 17.5 Å². The van der Waals surface area contributed by atoms with Crippen molar-refractivity contribution in [2.24, 2.45) is 0 Å². The van der Waals surface area contributed by atoms with E-state index in [1.807, 2.05) is 7.05 Å². The summed E-state index contributed by atoms with van der Waals surface area (Å²) < 4.78 is 29.0. The summed E-state index contributed by atoms with van der Waals surface area (Å²) in [6.45, 7) is 2.56. The Morgan fingerprint density at radius 1 is 1.33 bits per heavy atom. The highest BCUT2D eigenvalue weighted by Gasteiger charge is 2.23. The Hall–Kier alpha value is -0.930. The molecule has 2 N–H and O–H groups in total. The molecule has 1 aromatic heterocycles. The first kappa shape index (κ1) is 13.5. The predicted octanol–water partition coefficient (Wildman–Crippen LogP) is -0.787. The Bertz CT molecular complexity index is 491. The zero-order valence-electron chi connectivity index (χ0n) is 10.2. The van der Waals surface area contributed by atoms with Crippen molar-refractivity contribution in [2.75, 3.05) is 33.2 Å². The number of hydrazine groups is 1. The third-order valence-electron chi connectivity index (χ3n) is 2.81. The van der Waals surface area contributed by atoms with Crippen molar-refractivity contribution in [1.29, 1.82) is 0 Å². The van der Waals surface area contributed by atoms with Gasteiger partial charge in [0.1, 0.15) is 12.4 Å². The number of aliphatic hydroxyl groups excluding tert-OH is 1. The maximum Gasteiger partial charge on any atom is 0.286 e. The van der Waals surface area contributed by atoms with Crippen molar-refractivity contribution < 1.29 is 17.9 Å². The molecule has 1 fully saturated rings. The zero-order chi connectivity index (χ0) is 13.2. The standard InChI is InChI=1S/C10H17N3O4S/c1-12-4-6-13(7-5-12)11-18(15,16)10-3-2-9(8-14)17-10/h2-3,11,14H,4-8H2,1H3. The monoisotopic (exact) mass is 275 g/mol. The fourth-order valence-electron chi connectivity index (χ4n) is 1.70. The van der Waals surface area contributed by atoms with Crippen LogP contribution < -0.4 is 4.83 Å². The molecule has 102 valence electrons. The molecule has 0 atom stereocenters. The van der Waals surface area contributed by atoms with Crippen LogP contribution in [0.2, 0.25) is 0 Å². The largest absolute Gasteiger partial charge is 0.446 e. The molecule has 0 amide bonds. The van der Waals surface area contributed by atoms with Crippen molar-refractivity contribution in [3.8, 4) is 0 Å². The molecular weight excluding hydrogens is 258 g/mol. The zero-order valence-corrected chi connectivity index (χ0v) is 11.0. The number of nitrogens with zero attached hydrogens (tertiary/aromatic N) is 2. The van der Waals surface area contributed by atoms with Crippen LogP contribution in [0.5, 0.6) is 0 Å². The van der Waals surface area contributed by atoms with Gasteiger partial charge < -0.3 is 14.4 Å². The molecule has 0 radical (unpaired) electrons. The van der Waals surface area contributed by atoms with Crippen molar-refractivity contribution in [2.45, 2.75) is 11.7 Å². The number of piperazine rings is 1. The van der Waals surface area contributed by atoms with Gasteiger partial charge in [-0.15, -0.1) is 4.83 Å². The normalized spacial score (nSPS) is 19.2. The van der Waals surface area contributed by atoms with Gasteiger partial charge in [-0.2, -0.15) is 0 Å². The van der Waals surface area contributed by atoms with Gasteiger partial charge in [0, 0.05) is 26.2 Å². The average Bonchev–Trinajstić information content (AvgIpc) is 2.81. The van der Waals surface area contributed by atoms with Gasteiger partial charge >= 0.3 is 0 Å². The van der Waals surface area contributed by atoms with E-state index in [1.54, 1.807) is 5.01 Å². The summed E-state index contributed by atoms with van der Waals surface area (Å²) in [4.78, 5) is 4.60. The molecule has 0 aliphatic carbocycles. The average molecular weight is 275 g/mol. The molecule has 18 heavy (non-hydrogen) atoms. The van der Waals surface area contributed by atoms with E-state index in [9.17, 15) is 8.42 Å². The van der Waals surface area contributed by atoms with Crippen LogP contribution in [0.4, 0.5) is 0 Å². The quantitative estimate of drug-likeness (QED) is 0.749. The van der Waals surface area contributed by atoms with E-state index < -0.39 is 10.0 Å². The van der Waals surface area contributed by atoms with Gasteiger partial charge in [-0.1, -0.05) is 0 Å². The summed E-state index contributed by atoms with van der Waals surface area (Å²) in [7, 11) is -1.70. The second kappa shape index (κ2) is 5.37. The summed E-state index contributed by atoms with van der Waals surface area (Å²) in [5, 5.41) is 10.3. The van der Waals surface area contributed by atoms with Gasteiger partial charge in [-0.25, -0.2) is 13.4 Å². The lowest BCUT2D eigenvalue weighted by molar-refractivity contribution is 0.134. The first-order valence-electron chi connectivity index (χ1n) is 5.67. The van der Waals surface area contributed by atoms with Gasteiger partial charge in [-0.05, 0) is 19.2 Å². The molecule has 0 unspecified atom stereocenters. The van der Waals surface area contributed by atoms with Crippen LogP contribution in [0.25, 0.3) is 0 Å². The maximum absolute atomic E-state index is 12.0. The molecule has 8 heteroatoms. The van der Waals surface area contributed by atoms with Gasteiger partial charge in [-0.3, -0.25) is 0 Å². The Morgan fingerprint density at radius 2 is 2.00 bits per heavy atom. The van der Waals surface area contributed by atoms with E-state index >= 15 is 0 Å². The van der Waals surface area contributed by atoms with Gasteiger partial charge in [0.05, 0.1) is 0 Å². The summed E-state index contributed by atoms with van der Waals surface area (Å²) in [5.41, 5.74) is 0. The number of furan rings is 1. The van der Waals surface area contributed by atoms with Gasteiger partial charge in [0.25, 0.3) is 10.0 Å². The van der Waals surface area contributed by atoms with E-state index in [4.69, 9.17) is 9.52 Å². The van der Waals surface area contributed by atoms with Gasteiger partial charge in [0.15, 0.2) is 0 Å². The number of likely N-dealkylation sites (N-methyl/N-ethyl adjacent to an activating group) is 1. The molecule has 0 spiro atoms. The molecule has 7 nitrogen and oxygen atoms in total. The van der Waals surface area contributed by atoms with Crippen LogP contribution in [-0.2, 0) is 16.6 Å². The van der Waals surface area contributed by atoms with Crippen LogP contribution >= 0.6 is 0 Å². The molecule has 1 aromatic rings. The Morgan fingerprint density at radius 3 is 2.56 bits per heavy atom. The SMILES string of the molecule is CN1CCN(NS(=O)(=O)c2ccc(CO)o2)CC1. The number of hydrogen-bond donors (Lipinski definition) is 2. The number of rotatable bonds is 4. The molecule has 0 saturated carbocycles. The van der Waals surface area contributed by atoms with Crippen molar-refractivity contribution in [3.63, 3.8) is 0 Å². The fourth-order valence-corrected chi connectivity index (χ4v) is 2.78.